The Labute approximate surface area is 237 Å². The molecule has 1 aliphatic heterocycles. The molecule has 4 rings (SSSR count). The van der Waals surface area contributed by atoms with Crippen molar-refractivity contribution in [2.45, 2.75) is 33.2 Å². The Hall–Kier alpha value is -3.75. The summed E-state index contributed by atoms with van der Waals surface area (Å²) in [4.78, 5) is 39.6. The van der Waals surface area contributed by atoms with Crippen molar-refractivity contribution in [3.8, 4) is 11.5 Å². The molecule has 1 saturated heterocycles. The number of para-hydroxylation sites is 1. The molecule has 1 fully saturated rings. The summed E-state index contributed by atoms with van der Waals surface area (Å²) in [5.74, 6) is 0.428. The molecule has 39 heavy (non-hydrogen) atoms. The molecule has 0 atom stereocenters. The molecule has 0 unspecified atom stereocenters. The Morgan fingerprint density at radius 2 is 1.82 bits per heavy atom. The van der Waals surface area contributed by atoms with Crippen LogP contribution in [-0.2, 0) is 16.1 Å². The summed E-state index contributed by atoms with van der Waals surface area (Å²) < 4.78 is 11.5. The van der Waals surface area contributed by atoms with Gasteiger partial charge in [-0.25, -0.2) is 0 Å². The lowest BCUT2D eigenvalue weighted by atomic mass is 10.0. The maximum Gasteiger partial charge on any atom is 0.293 e. The molecule has 1 N–H and O–H groups in total. The zero-order chi connectivity index (χ0) is 27.9. The SMILES string of the molecule is CCOc1cc(/C=C2\SC(=O)N(Cc3cccc(Cl)c3)C2=O)ccc1OCC(=O)Nc1ccccc1C(C)C. The first-order valence-corrected chi connectivity index (χ1v) is 13.7. The Morgan fingerprint density at radius 3 is 2.56 bits per heavy atom. The van der Waals surface area contributed by atoms with Crippen LogP contribution in [0.2, 0.25) is 5.02 Å². The number of hydrogen-bond donors (Lipinski definition) is 1. The van der Waals surface area contributed by atoms with Crippen LogP contribution in [0.3, 0.4) is 0 Å². The van der Waals surface area contributed by atoms with Crippen molar-refractivity contribution in [2.75, 3.05) is 18.5 Å². The number of carbonyl (C=O) groups is 3. The van der Waals surface area contributed by atoms with E-state index in [0.29, 0.717) is 33.6 Å². The second kappa shape index (κ2) is 12.9. The van der Waals surface area contributed by atoms with Crippen LogP contribution < -0.4 is 14.8 Å². The van der Waals surface area contributed by atoms with Crippen molar-refractivity contribution in [1.29, 1.82) is 0 Å². The van der Waals surface area contributed by atoms with E-state index < -0.39 is 0 Å². The van der Waals surface area contributed by atoms with Crippen molar-refractivity contribution in [3.63, 3.8) is 0 Å². The van der Waals surface area contributed by atoms with Gasteiger partial charge in [0.2, 0.25) is 0 Å². The lowest BCUT2D eigenvalue weighted by Crippen LogP contribution is -2.27. The molecule has 1 aliphatic rings. The van der Waals surface area contributed by atoms with Gasteiger partial charge in [-0.05, 0) is 77.7 Å². The fraction of sp³-hybridized carbons (Fsp3) is 0.233. The third kappa shape index (κ3) is 7.22. The van der Waals surface area contributed by atoms with E-state index in [1.807, 2.05) is 37.3 Å². The fourth-order valence-electron chi connectivity index (χ4n) is 4.05. The van der Waals surface area contributed by atoms with Gasteiger partial charge in [0.1, 0.15) is 0 Å². The molecule has 0 bridgehead atoms. The van der Waals surface area contributed by atoms with Gasteiger partial charge in [0.05, 0.1) is 18.1 Å². The highest BCUT2D eigenvalue weighted by molar-refractivity contribution is 8.18. The van der Waals surface area contributed by atoms with E-state index in [4.69, 9.17) is 21.1 Å². The molecule has 1 heterocycles. The van der Waals surface area contributed by atoms with E-state index in [9.17, 15) is 14.4 Å². The quantitative estimate of drug-likeness (QED) is 0.264. The van der Waals surface area contributed by atoms with E-state index in [2.05, 4.69) is 19.2 Å². The number of imide groups is 1. The van der Waals surface area contributed by atoms with Crippen LogP contribution in [-0.4, -0.2) is 35.2 Å². The van der Waals surface area contributed by atoms with Gasteiger partial charge in [0.15, 0.2) is 18.1 Å². The zero-order valence-corrected chi connectivity index (χ0v) is 23.5. The smallest absolute Gasteiger partial charge is 0.293 e. The van der Waals surface area contributed by atoms with Crippen molar-refractivity contribution in [1.82, 2.24) is 4.90 Å². The highest BCUT2D eigenvalue weighted by atomic mass is 35.5. The molecule has 3 aromatic rings. The molecule has 0 radical (unpaired) electrons. The second-order valence-corrected chi connectivity index (χ2v) is 10.5. The summed E-state index contributed by atoms with van der Waals surface area (Å²) in [5, 5.41) is 3.10. The van der Waals surface area contributed by atoms with Crippen LogP contribution in [0.4, 0.5) is 10.5 Å². The third-order valence-electron chi connectivity index (χ3n) is 5.88. The highest BCUT2D eigenvalue weighted by Gasteiger charge is 2.35. The lowest BCUT2D eigenvalue weighted by Gasteiger charge is -2.15. The number of halogens is 1. The molecule has 7 nitrogen and oxygen atoms in total. The summed E-state index contributed by atoms with van der Waals surface area (Å²) in [5.41, 5.74) is 3.23. The Balaban J connectivity index is 1.45. The van der Waals surface area contributed by atoms with Gasteiger partial charge in [-0.15, -0.1) is 0 Å². The van der Waals surface area contributed by atoms with Gasteiger partial charge in [-0.2, -0.15) is 0 Å². The molecule has 9 heteroatoms. The van der Waals surface area contributed by atoms with Crippen LogP contribution in [0.1, 0.15) is 43.4 Å². The third-order valence-corrected chi connectivity index (χ3v) is 7.03. The topological polar surface area (TPSA) is 84.9 Å². The van der Waals surface area contributed by atoms with Gasteiger partial charge >= 0.3 is 0 Å². The van der Waals surface area contributed by atoms with Crippen LogP contribution in [0.15, 0.2) is 71.6 Å². The predicted molar refractivity (Wildman–Crippen MR) is 155 cm³/mol. The van der Waals surface area contributed by atoms with Gasteiger partial charge < -0.3 is 14.8 Å². The minimum atomic E-state index is -0.374. The first kappa shape index (κ1) is 28.3. The average molecular weight is 565 g/mol. The summed E-state index contributed by atoms with van der Waals surface area (Å²) in [7, 11) is 0. The van der Waals surface area contributed by atoms with Gasteiger partial charge in [-0.3, -0.25) is 19.3 Å². The molecule has 3 amide bonds. The summed E-state index contributed by atoms with van der Waals surface area (Å²) in [6.45, 7) is 6.29. The van der Waals surface area contributed by atoms with Gasteiger partial charge in [-0.1, -0.05) is 61.8 Å². The average Bonchev–Trinajstić information content (AvgIpc) is 3.16. The van der Waals surface area contributed by atoms with Crippen LogP contribution in [0, 0.1) is 0 Å². The number of ether oxygens (including phenoxy) is 2. The van der Waals surface area contributed by atoms with Crippen LogP contribution in [0.25, 0.3) is 6.08 Å². The normalized spacial score (nSPS) is 14.3. The fourth-order valence-corrected chi connectivity index (χ4v) is 5.10. The summed E-state index contributed by atoms with van der Waals surface area (Å²) >= 11 is 6.92. The number of rotatable bonds is 10. The number of carbonyl (C=O) groups excluding carboxylic acids is 3. The Bertz CT molecular complexity index is 1420. The Morgan fingerprint density at radius 1 is 1.03 bits per heavy atom. The minimum absolute atomic E-state index is 0.142. The highest BCUT2D eigenvalue weighted by Crippen LogP contribution is 2.35. The van der Waals surface area contributed by atoms with Crippen molar-refractivity contribution < 1.29 is 23.9 Å². The molecular formula is C30H29ClN2O5S. The van der Waals surface area contributed by atoms with E-state index in [-0.39, 0.29) is 36.1 Å². The lowest BCUT2D eigenvalue weighted by molar-refractivity contribution is -0.123. The zero-order valence-electron chi connectivity index (χ0n) is 21.9. The number of amides is 3. The maximum atomic E-state index is 13.0. The molecule has 202 valence electrons. The number of nitrogens with one attached hydrogen (secondary N) is 1. The number of anilines is 1. The monoisotopic (exact) mass is 564 g/mol. The van der Waals surface area contributed by atoms with Crippen molar-refractivity contribution in [2.24, 2.45) is 0 Å². The molecule has 3 aromatic carbocycles. The number of thioether (sulfide) groups is 1. The predicted octanol–water partition coefficient (Wildman–Crippen LogP) is 7.12. The molecule has 0 aromatic heterocycles. The molecule has 0 spiro atoms. The van der Waals surface area contributed by atoms with Gasteiger partial charge in [0, 0.05) is 10.7 Å². The van der Waals surface area contributed by atoms with Gasteiger partial charge in [0.25, 0.3) is 17.1 Å². The number of hydrogen-bond acceptors (Lipinski definition) is 6. The Kier molecular flexibility index (Phi) is 9.32. The summed E-state index contributed by atoms with van der Waals surface area (Å²) in [6.07, 6.45) is 1.64. The summed E-state index contributed by atoms with van der Waals surface area (Å²) in [6, 6.07) is 19.9. The van der Waals surface area contributed by atoms with E-state index in [0.717, 1.165) is 28.6 Å². The van der Waals surface area contributed by atoms with E-state index in [1.54, 1.807) is 42.5 Å². The first-order valence-electron chi connectivity index (χ1n) is 12.5. The van der Waals surface area contributed by atoms with Crippen molar-refractivity contribution in [3.05, 3.63) is 93.3 Å². The first-order chi connectivity index (χ1) is 18.7. The molecule has 0 aliphatic carbocycles. The van der Waals surface area contributed by atoms with Crippen molar-refractivity contribution >= 4 is 52.2 Å². The second-order valence-electron chi connectivity index (χ2n) is 9.12. The minimum Gasteiger partial charge on any atom is -0.490 e. The van der Waals surface area contributed by atoms with E-state index >= 15 is 0 Å². The largest absolute Gasteiger partial charge is 0.490 e. The number of benzene rings is 3. The molecule has 0 saturated carbocycles. The standard InChI is InChI=1S/C30H29ClN2O5S/c1-4-37-26-15-20(16-27-29(35)33(30(36)39-27)17-21-8-7-9-22(31)14-21)12-13-25(26)38-18-28(34)32-24-11-6-5-10-23(24)19(2)3/h5-16,19H,4,17-18H2,1-3H3,(H,32,34)/b27-16-. The number of nitrogens with zero attached hydrogens (tertiary/aromatic N) is 1. The van der Waals surface area contributed by atoms with E-state index in [1.165, 1.54) is 4.90 Å². The van der Waals surface area contributed by atoms with Crippen LogP contribution in [0.5, 0.6) is 11.5 Å². The maximum absolute atomic E-state index is 13.0. The van der Waals surface area contributed by atoms with Crippen LogP contribution >= 0.6 is 23.4 Å². The molecular weight excluding hydrogens is 536 g/mol.